The zero-order valence-electron chi connectivity index (χ0n) is 19.5. The number of hydrogen-bond acceptors (Lipinski definition) is 4. The van der Waals surface area contributed by atoms with E-state index in [9.17, 15) is 9.59 Å². The summed E-state index contributed by atoms with van der Waals surface area (Å²) >= 11 is 1.46. The molecule has 6 nitrogen and oxygen atoms in total. The Balaban J connectivity index is 1.59. The van der Waals surface area contributed by atoms with Gasteiger partial charge >= 0.3 is 0 Å². The molecule has 0 bridgehead atoms. The first-order valence-electron chi connectivity index (χ1n) is 11.5. The smallest absolute Gasteiger partial charge is 0.261 e. The van der Waals surface area contributed by atoms with Gasteiger partial charge in [-0.3, -0.25) is 9.59 Å². The third-order valence-corrected chi connectivity index (χ3v) is 6.40. The Morgan fingerprint density at radius 3 is 2.47 bits per heavy atom. The minimum absolute atomic E-state index is 0.000152. The number of fused-ring (bicyclic) bond motifs is 1. The largest absolute Gasteiger partial charge is 0.351 e. The number of aryl methyl sites for hydroxylation is 1. The molecule has 1 aromatic carbocycles. The molecule has 7 heteroatoms. The lowest BCUT2D eigenvalue weighted by Crippen LogP contribution is -2.43. The van der Waals surface area contributed by atoms with Gasteiger partial charge in [0.1, 0.15) is 12.4 Å². The van der Waals surface area contributed by atoms with Gasteiger partial charge in [0.25, 0.3) is 5.91 Å². The summed E-state index contributed by atoms with van der Waals surface area (Å²) in [7, 11) is 0. The molecule has 172 valence electrons. The van der Waals surface area contributed by atoms with Gasteiger partial charge in [0, 0.05) is 25.0 Å². The number of amides is 2. The Labute approximate surface area is 194 Å². The Kier molecular flexibility index (Phi) is 8.45. The molecule has 0 radical (unpaired) electrons. The van der Waals surface area contributed by atoms with Gasteiger partial charge in [-0.1, -0.05) is 24.6 Å². The summed E-state index contributed by atoms with van der Waals surface area (Å²) in [6.45, 7) is 9.21. The molecule has 0 unspecified atom stereocenters. The van der Waals surface area contributed by atoms with E-state index in [1.807, 2.05) is 46.7 Å². The van der Waals surface area contributed by atoms with Crippen LogP contribution >= 0.6 is 11.3 Å². The summed E-state index contributed by atoms with van der Waals surface area (Å²) in [5.74, 6) is 1.07. The molecule has 32 heavy (non-hydrogen) atoms. The lowest BCUT2D eigenvalue weighted by Gasteiger charge is -2.31. The molecule has 0 aliphatic rings. The highest BCUT2D eigenvalue weighted by molar-refractivity contribution is 7.12. The zero-order chi connectivity index (χ0) is 23.1. The summed E-state index contributed by atoms with van der Waals surface area (Å²) in [5, 5.41) is 4.89. The Morgan fingerprint density at radius 2 is 1.78 bits per heavy atom. The predicted octanol–water partition coefficient (Wildman–Crippen LogP) is 4.89. The van der Waals surface area contributed by atoms with E-state index in [0.29, 0.717) is 13.1 Å². The second kappa shape index (κ2) is 11.3. The van der Waals surface area contributed by atoms with E-state index in [1.54, 1.807) is 0 Å². The van der Waals surface area contributed by atoms with Crippen molar-refractivity contribution in [1.82, 2.24) is 19.8 Å². The molecule has 0 spiro atoms. The van der Waals surface area contributed by atoms with Crippen molar-refractivity contribution in [2.24, 2.45) is 0 Å². The van der Waals surface area contributed by atoms with Crippen molar-refractivity contribution < 1.29 is 9.59 Å². The average molecular weight is 455 g/mol. The molecule has 0 atom stereocenters. The highest BCUT2D eigenvalue weighted by Crippen LogP contribution is 2.19. The van der Waals surface area contributed by atoms with Crippen LogP contribution in [0.15, 0.2) is 41.8 Å². The van der Waals surface area contributed by atoms with E-state index < -0.39 is 0 Å². The lowest BCUT2D eigenvalue weighted by atomic mass is 10.2. The van der Waals surface area contributed by atoms with Gasteiger partial charge in [0.2, 0.25) is 5.91 Å². The van der Waals surface area contributed by atoms with E-state index >= 15 is 0 Å². The van der Waals surface area contributed by atoms with E-state index in [4.69, 9.17) is 4.98 Å². The minimum Gasteiger partial charge on any atom is -0.351 e. The summed E-state index contributed by atoms with van der Waals surface area (Å²) in [5.41, 5.74) is 1.94. The average Bonchev–Trinajstić information content (AvgIpc) is 3.39. The Bertz CT molecular complexity index is 1020. The summed E-state index contributed by atoms with van der Waals surface area (Å²) in [6, 6.07) is 12.1. The van der Waals surface area contributed by atoms with Crippen LogP contribution in [-0.4, -0.2) is 44.9 Å². The fourth-order valence-corrected chi connectivity index (χ4v) is 4.80. The fourth-order valence-electron chi connectivity index (χ4n) is 4.16. The van der Waals surface area contributed by atoms with E-state index in [1.165, 1.54) is 11.3 Å². The van der Waals surface area contributed by atoms with Gasteiger partial charge in [0.05, 0.1) is 15.9 Å². The third kappa shape index (κ3) is 5.97. The van der Waals surface area contributed by atoms with Crippen LogP contribution in [0.5, 0.6) is 0 Å². The van der Waals surface area contributed by atoms with Crippen molar-refractivity contribution in [3.8, 4) is 0 Å². The molecule has 2 aromatic heterocycles. The first-order chi connectivity index (χ1) is 15.4. The molecule has 0 saturated carbocycles. The number of benzene rings is 1. The maximum atomic E-state index is 13.1. The second-order valence-corrected chi connectivity index (χ2v) is 9.58. The van der Waals surface area contributed by atoms with Crippen molar-refractivity contribution in [1.29, 1.82) is 0 Å². The number of nitrogens with one attached hydrogen (secondary N) is 1. The van der Waals surface area contributed by atoms with Crippen LogP contribution in [0.1, 0.15) is 62.5 Å². The molecule has 0 fully saturated rings. The summed E-state index contributed by atoms with van der Waals surface area (Å²) in [6.07, 6.45) is 3.69. The first-order valence-corrected chi connectivity index (χ1v) is 12.3. The zero-order valence-corrected chi connectivity index (χ0v) is 20.3. The number of nitrogens with zero attached hydrogens (tertiary/aromatic N) is 3. The number of carbonyl (C=O) groups is 2. The van der Waals surface area contributed by atoms with Crippen LogP contribution in [0, 0.1) is 0 Å². The fraction of sp³-hybridized carbons (Fsp3) is 0.480. The minimum atomic E-state index is 0.000152. The van der Waals surface area contributed by atoms with Gasteiger partial charge < -0.3 is 14.8 Å². The van der Waals surface area contributed by atoms with Crippen LogP contribution in [0.2, 0.25) is 0 Å². The Morgan fingerprint density at radius 1 is 1.03 bits per heavy atom. The number of carbonyl (C=O) groups excluding carboxylic acids is 2. The molecule has 2 amide bonds. The number of thiophene rings is 1. The quantitative estimate of drug-likeness (QED) is 0.420. The van der Waals surface area contributed by atoms with Crippen LogP contribution < -0.4 is 5.32 Å². The van der Waals surface area contributed by atoms with Gasteiger partial charge in [-0.05, 0) is 64.1 Å². The Hall–Kier alpha value is -2.67. The first kappa shape index (κ1) is 24.0. The normalized spacial score (nSPS) is 11.4. The monoisotopic (exact) mass is 454 g/mol. The van der Waals surface area contributed by atoms with Crippen molar-refractivity contribution in [3.63, 3.8) is 0 Å². The van der Waals surface area contributed by atoms with E-state index in [-0.39, 0.29) is 23.9 Å². The van der Waals surface area contributed by atoms with Crippen molar-refractivity contribution >= 4 is 34.2 Å². The number of para-hydroxylation sites is 2. The molecule has 3 aromatic rings. The number of rotatable bonds is 11. The number of imidazole rings is 1. The molecule has 3 rings (SSSR count). The van der Waals surface area contributed by atoms with E-state index in [2.05, 4.69) is 37.6 Å². The molecular formula is C25H34N4O2S. The van der Waals surface area contributed by atoms with Gasteiger partial charge in [-0.15, -0.1) is 11.3 Å². The van der Waals surface area contributed by atoms with Crippen LogP contribution in [0.3, 0.4) is 0 Å². The van der Waals surface area contributed by atoms with Crippen LogP contribution in [0.25, 0.3) is 11.0 Å². The van der Waals surface area contributed by atoms with Crippen molar-refractivity contribution in [2.45, 2.75) is 72.0 Å². The molecule has 0 aliphatic heterocycles. The topological polar surface area (TPSA) is 67.2 Å². The molecular weight excluding hydrogens is 420 g/mol. The van der Waals surface area contributed by atoms with Crippen molar-refractivity contribution in [2.75, 3.05) is 6.54 Å². The maximum absolute atomic E-state index is 13.1. The van der Waals surface area contributed by atoms with Gasteiger partial charge in [-0.2, -0.15) is 0 Å². The van der Waals surface area contributed by atoms with Crippen molar-refractivity contribution in [3.05, 3.63) is 52.5 Å². The van der Waals surface area contributed by atoms with Crippen LogP contribution in [-0.2, 0) is 17.8 Å². The maximum Gasteiger partial charge on any atom is 0.261 e. The highest BCUT2D eigenvalue weighted by atomic mass is 32.1. The van der Waals surface area contributed by atoms with Gasteiger partial charge in [0.15, 0.2) is 0 Å². The SMILES string of the molecule is CC(C)N(C(=O)Cn1c(CCCCCNC(=O)c2cccs2)nc2ccccc21)C(C)C. The standard InChI is InChI=1S/C25H34N4O2S/c1-18(2)29(19(3)4)24(30)17-28-21-12-8-7-11-20(21)27-23(28)14-6-5-9-15-26-25(31)22-13-10-16-32-22/h7-8,10-13,16,18-19H,5-6,9,14-15,17H2,1-4H3,(H,26,31). The highest BCUT2D eigenvalue weighted by Gasteiger charge is 2.22. The predicted molar refractivity (Wildman–Crippen MR) is 131 cm³/mol. The number of aromatic nitrogens is 2. The summed E-state index contributed by atoms with van der Waals surface area (Å²) < 4.78 is 2.08. The summed E-state index contributed by atoms with van der Waals surface area (Å²) in [4.78, 5) is 32.6. The van der Waals surface area contributed by atoms with Gasteiger partial charge in [-0.25, -0.2) is 4.98 Å². The molecule has 1 N–H and O–H groups in total. The third-order valence-electron chi connectivity index (χ3n) is 5.54. The van der Waals surface area contributed by atoms with E-state index in [0.717, 1.165) is 47.4 Å². The molecule has 0 aliphatic carbocycles. The number of unbranched alkanes of at least 4 members (excludes halogenated alkanes) is 2. The second-order valence-electron chi connectivity index (χ2n) is 8.64. The lowest BCUT2D eigenvalue weighted by molar-refractivity contribution is -0.135. The van der Waals surface area contributed by atoms with Crippen LogP contribution in [0.4, 0.5) is 0 Å². The molecule has 0 saturated heterocycles. The number of hydrogen-bond donors (Lipinski definition) is 1. The molecule has 2 heterocycles.